The molecule has 2 saturated heterocycles. The van der Waals surface area contributed by atoms with E-state index >= 15 is 0 Å². The molecule has 1 aromatic carbocycles. The van der Waals surface area contributed by atoms with Crippen LogP contribution < -0.4 is 5.32 Å². The quantitative estimate of drug-likeness (QED) is 0.754. The molecule has 28 heavy (non-hydrogen) atoms. The minimum absolute atomic E-state index is 0. The van der Waals surface area contributed by atoms with Gasteiger partial charge < -0.3 is 10.2 Å². The highest BCUT2D eigenvalue weighted by molar-refractivity contribution is 7.89. The second kappa shape index (κ2) is 10.1. The first-order valence-electron chi connectivity index (χ1n) is 10.1. The van der Waals surface area contributed by atoms with Gasteiger partial charge in [0.05, 0.1) is 4.90 Å². The van der Waals surface area contributed by atoms with Crippen LogP contribution in [0.15, 0.2) is 23.1 Å². The Morgan fingerprint density at radius 3 is 2.57 bits per heavy atom. The number of amides is 1. The number of piperidine rings is 1. The first-order valence-corrected chi connectivity index (χ1v) is 11.5. The van der Waals surface area contributed by atoms with Crippen LogP contribution in [0.5, 0.6) is 0 Å². The van der Waals surface area contributed by atoms with E-state index in [0.29, 0.717) is 30.8 Å². The number of halogens is 1. The molecular formula is C20H32ClN3O3S. The molecule has 1 aromatic rings. The fraction of sp³-hybridized carbons (Fsp3) is 0.650. The summed E-state index contributed by atoms with van der Waals surface area (Å²) < 4.78 is 27.8. The Morgan fingerprint density at radius 2 is 1.96 bits per heavy atom. The third kappa shape index (κ3) is 4.87. The van der Waals surface area contributed by atoms with Crippen molar-refractivity contribution in [2.24, 2.45) is 0 Å². The largest absolute Gasteiger partial charge is 0.334 e. The first-order chi connectivity index (χ1) is 12.9. The van der Waals surface area contributed by atoms with Crippen LogP contribution in [0, 0.1) is 6.92 Å². The predicted molar refractivity (Wildman–Crippen MR) is 114 cm³/mol. The van der Waals surface area contributed by atoms with Crippen LogP contribution in [0.1, 0.15) is 54.9 Å². The fourth-order valence-corrected chi connectivity index (χ4v) is 5.79. The molecule has 1 unspecified atom stereocenters. The molecule has 0 bridgehead atoms. The molecule has 6 nitrogen and oxygen atoms in total. The second-order valence-corrected chi connectivity index (χ2v) is 9.50. The van der Waals surface area contributed by atoms with Crippen molar-refractivity contribution >= 4 is 28.3 Å². The molecule has 8 heteroatoms. The Hall–Kier alpha value is -1.15. The number of nitrogens with zero attached hydrogens (tertiary/aromatic N) is 2. The average molecular weight is 430 g/mol. The van der Waals surface area contributed by atoms with Crippen LogP contribution in [-0.4, -0.2) is 62.3 Å². The molecular weight excluding hydrogens is 398 g/mol. The van der Waals surface area contributed by atoms with Crippen LogP contribution >= 0.6 is 12.4 Å². The van der Waals surface area contributed by atoms with Crippen molar-refractivity contribution in [2.75, 3.05) is 32.7 Å². The number of sulfonamides is 1. The zero-order chi connectivity index (χ0) is 19.4. The highest BCUT2D eigenvalue weighted by atomic mass is 35.5. The monoisotopic (exact) mass is 429 g/mol. The number of carbonyl (C=O) groups excluding carboxylic acids is 1. The van der Waals surface area contributed by atoms with Crippen molar-refractivity contribution < 1.29 is 13.2 Å². The van der Waals surface area contributed by atoms with Gasteiger partial charge in [0.15, 0.2) is 0 Å². The van der Waals surface area contributed by atoms with Crippen LogP contribution in [-0.2, 0) is 10.0 Å². The van der Waals surface area contributed by atoms with E-state index in [1.54, 1.807) is 29.4 Å². The summed E-state index contributed by atoms with van der Waals surface area (Å²) in [4.78, 5) is 15.4. The number of nitrogens with one attached hydrogen (secondary N) is 1. The summed E-state index contributed by atoms with van der Waals surface area (Å²) in [5.74, 6) is -0.0688. The van der Waals surface area contributed by atoms with E-state index in [1.807, 2.05) is 4.90 Å². The summed E-state index contributed by atoms with van der Waals surface area (Å²) in [6.45, 7) is 7.40. The second-order valence-electron chi connectivity index (χ2n) is 7.59. The van der Waals surface area contributed by atoms with Gasteiger partial charge >= 0.3 is 0 Å². The zero-order valence-electron chi connectivity index (χ0n) is 16.8. The average Bonchev–Trinajstić information content (AvgIpc) is 3.21. The molecule has 2 fully saturated rings. The van der Waals surface area contributed by atoms with Crippen molar-refractivity contribution in [3.8, 4) is 0 Å². The summed E-state index contributed by atoms with van der Waals surface area (Å²) in [6.07, 6.45) is 4.69. The van der Waals surface area contributed by atoms with E-state index in [-0.39, 0.29) is 29.3 Å². The van der Waals surface area contributed by atoms with Gasteiger partial charge in [-0.2, -0.15) is 4.31 Å². The molecule has 2 aliphatic heterocycles. The smallest absolute Gasteiger partial charge is 0.254 e. The number of aryl methyl sites for hydroxylation is 1. The number of rotatable bonds is 6. The van der Waals surface area contributed by atoms with Crippen LogP contribution in [0.2, 0.25) is 0 Å². The van der Waals surface area contributed by atoms with Crippen molar-refractivity contribution in [3.05, 3.63) is 29.3 Å². The minimum Gasteiger partial charge on any atom is -0.334 e. The lowest BCUT2D eigenvalue weighted by molar-refractivity contribution is 0.0692. The Bertz CT molecular complexity index is 773. The van der Waals surface area contributed by atoms with Crippen LogP contribution in [0.25, 0.3) is 0 Å². The summed E-state index contributed by atoms with van der Waals surface area (Å²) in [5, 5.41) is 3.31. The summed E-state index contributed by atoms with van der Waals surface area (Å²) in [7, 11) is -3.56. The van der Waals surface area contributed by atoms with Gasteiger partial charge in [-0.1, -0.05) is 19.4 Å². The molecule has 158 valence electrons. The Morgan fingerprint density at radius 1 is 1.25 bits per heavy atom. The van der Waals surface area contributed by atoms with Crippen molar-refractivity contribution in [3.63, 3.8) is 0 Å². The molecule has 0 aliphatic carbocycles. The van der Waals surface area contributed by atoms with Gasteiger partial charge in [0, 0.05) is 37.8 Å². The standard InChI is InChI=1S/C20H31N3O3S.ClH/c1-3-11-23(18-9-10-21-15-18)20(24)17-8-7-16(2)19(14-17)27(25,26)22-12-5-4-6-13-22;/h7-8,14,18,21H,3-6,9-13,15H2,1-2H3;1H. The van der Waals surface area contributed by atoms with E-state index in [9.17, 15) is 13.2 Å². The molecule has 0 saturated carbocycles. The fourth-order valence-electron chi connectivity index (χ4n) is 4.02. The molecule has 1 atom stereocenters. The Balaban J connectivity index is 0.00000280. The van der Waals surface area contributed by atoms with Crippen molar-refractivity contribution in [2.45, 2.75) is 56.9 Å². The van der Waals surface area contributed by atoms with Gasteiger partial charge in [0.1, 0.15) is 0 Å². The SMILES string of the molecule is CCCN(C(=O)c1ccc(C)c(S(=O)(=O)N2CCCCC2)c1)C1CCNC1.Cl. The van der Waals surface area contributed by atoms with Gasteiger partial charge in [-0.3, -0.25) is 4.79 Å². The summed E-state index contributed by atoms with van der Waals surface area (Å²) in [5.41, 5.74) is 1.17. The Labute approximate surface area is 175 Å². The minimum atomic E-state index is -3.56. The number of carbonyl (C=O) groups is 1. The summed E-state index contributed by atoms with van der Waals surface area (Å²) in [6, 6.07) is 5.30. The third-order valence-corrected chi connectivity index (χ3v) is 7.61. The van der Waals surface area contributed by atoms with Crippen molar-refractivity contribution in [1.29, 1.82) is 0 Å². The maximum absolute atomic E-state index is 13.2. The van der Waals surface area contributed by atoms with Crippen molar-refractivity contribution in [1.82, 2.24) is 14.5 Å². The van der Waals surface area contributed by atoms with Gasteiger partial charge in [0.2, 0.25) is 10.0 Å². The molecule has 0 aromatic heterocycles. The lowest BCUT2D eigenvalue weighted by atomic mass is 10.1. The lowest BCUT2D eigenvalue weighted by Gasteiger charge is -2.29. The normalized spacial score (nSPS) is 20.6. The topological polar surface area (TPSA) is 69.7 Å². The molecule has 3 rings (SSSR count). The van der Waals surface area contributed by atoms with Crippen LogP contribution in [0.3, 0.4) is 0 Å². The Kier molecular flexibility index (Phi) is 8.30. The van der Waals surface area contributed by atoms with E-state index in [4.69, 9.17) is 0 Å². The highest BCUT2D eigenvalue weighted by Gasteiger charge is 2.30. The summed E-state index contributed by atoms with van der Waals surface area (Å²) >= 11 is 0. The third-order valence-electron chi connectivity index (χ3n) is 5.57. The first kappa shape index (κ1) is 23.1. The molecule has 1 amide bonds. The molecule has 2 heterocycles. The highest BCUT2D eigenvalue weighted by Crippen LogP contribution is 2.25. The number of hydrogen-bond acceptors (Lipinski definition) is 4. The van der Waals surface area contributed by atoms with Crippen LogP contribution in [0.4, 0.5) is 0 Å². The molecule has 1 N–H and O–H groups in total. The van der Waals surface area contributed by atoms with E-state index in [1.165, 1.54) is 0 Å². The number of hydrogen-bond donors (Lipinski definition) is 1. The van der Waals surface area contributed by atoms with Gasteiger partial charge in [-0.15, -0.1) is 12.4 Å². The van der Waals surface area contributed by atoms with E-state index < -0.39 is 10.0 Å². The van der Waals surface area contributed by atoms with E-state index in [0.717, 1.165) is 45.2 Å². The predicted octanol–water partition coefficient (Wildman–Crippen LogP) is 2.81. The zero-order valence-corrected chi connectivity index (χ0v) is 18.4. The van der Waals surface area contributed by atoms with Gasteiger partial charge in [-0.05, 0) is 56.8 Å². The molecule has 0 spiro atoms. The molecule has 2 aliphatic rings. The molecule has 0 radical (unpaired) electrons. The number of benzene rings is 1. The van der Waals surface area contributed by atoms with E-state index in [2.05, 4.69) is 12.2 Å². The lowest BCUT2D eigenvalue weighted by Crippen LogP contribution is -2.42. The maximum Gasteiger partial charge on any atom is 0.254 e. The maximum atomic E-state index is 13.2. The van der Waals surface area contributed by atoms with Gasteiger partial charge in [-0.25, -0.2) is 8.42 Å². The van der Waals surface area contributed by atoms with Gasteiger partial charge in [0.25, 0.3) is 5.91 Å².